The molecule has 0 aromatic heterocycles. The summed E-state index contributed by atoms with van der Waals surface area (Å²) in [6, 6.07) is 29.5. The fourth-order valence-electron chi connectivity index (χ4n) is 3.86. The Kier molecular flexibility index (Phi) is 8.58. The predicted octanol–water partition coefficient (Wildman–Crippen LogP) is 7.62. The standard InChI is InChI=1S/C30H37N5/c1-23(32-31-22-30(3,4)5)29(24(2)33-34(6)7)25-18-20-28(21-19-25)35(26-14-10-8-11-15-26)27-16-12-9-13-17-27/h8-21H,22H2,1-7H3/p+1. The van der Waals surface area contributed by atoms with Gasteiger partial charge in [-0.3, -0.25) is 0 Å². The average molecular weight is 469 g/mol. The Morgan fingerprint density at radius 1 is 0.771 bits per heavy atom. The molecular formula is C30H38N5+. The zero-order chi connectivity index (χ0) is 25.4. The zero-order valence-electron chi connectivity index (χ0n) is 22.1. The summed E-state index contributed by atoms with van der Waals surface area (Å²) >= 11 is 0. The van der Waals surface area contributed by atoms with Gasteiger partial charge in [-0.1, -0.05) is 69.3 Å². The van der Waals surface area contributed by atoms with Crippen molar-refractivity contribution < 1.29 is 4.70 Å². The van der Waals surface area contributed by atoms with Crippen molar-refractivity contribution in [1.82, 2.24) is 5.43 Å². The number of anilines is 3. The highest BCUT2D eigenvalue weighted by atomic mass is 15.3. The van der Waals surface area contributed by atoms with Gasteiger partial charge in [0.15, 0.2) is 14.1 Å². The predicted molar refractivity (Wildman–Crippen MR) is 149 cm³/mol. The first-order chi connectivity index (χ1) is 16.7. The maximum Gasteiger partial charge on any atom is 0.158 e. The van der Waals surface area contributed by atoms with Crippen LogP contribution in [0.15, 0.2) is 101 Å². The van der Waals surface area contributed by atoms with E-state index in [0.29, 0.717) is 0 Å². The number of para-hydroxylation sites is 2. The van der Waals surface area contributed by atoms with Gasteiger partial charge in [-0.15, -0.1) is 4.70 Å². The molecule has 0 bridgehead atoms. The van der Waals surface area contributed by atoms with Gasteiger partial charge in [-0.05, 0) is 66.3 Å². The number of hydrazone groups is 1. The second kappa shape index (κ2) is 11.6. The third-order valence-corrected chi connectivity index (χ3v) is 5.37. The van der Waals surface area contributed by atoms with Crippen molar-refractivity contribution >= 4 is 28.3 Å². The van der Waals surface area contributed by atoms with E-state index in [1.54, 1.807) is 0 Å². The van der Waals surface area contributed by atoms with E-state index in [0.717, 1.165) is 46.2 Å². The summed E-state index contributed by atoms with van der Waals surface area (Å²) in [5, 5.41) is 9.37. The molecule has 0 atom stereocenters. The smallest absolute Gasteiger partial charge is 0.158 e. The summed E-state index contributed by atoms with van der Waals surface area (Å²) in [6.45, 7) is 11.4. The molecule has 3 rings (SSSR count). The zero-order valence-corrected chi connectivity index (χ0v) is 22.1. The van der Waals surface area contributed by atoms with E-state index in [2.05, 4.69) is 114 Å². The van der Waals surface area contributed by atoms with Gasteiger partial charge in [0.05, 0.1) is 5.71 Å². The minimum absolute atomic E-state index is 0.150. The lowest BCUT2D eigenvalue weighted by Crippen LogP contribution is -2.24. The monoisotopic (exact) mass is 468 g/mol. The van der Waals surface area contributed by atoms with Crippen LogP contribution >= 0.6 is 0 Å². The van der Waals surface area contributed by atoms with Gasteiger partial charge in [0.25, 0.3) is 0 Å². The molecular weight excluding hydrogens is 430 g/mol. The molecule has 5 heteroatoms. The highest BCUT2D eigenvalue weighted by molar-refractivity contribution is 6.23. The Labute approximate surface area is 210 Å². The van der Waals surface area contributed by atoms with Crippen molar-refractivity contribution in [3.05, 3.63) is 96.2 Å². The van der Waals surface area contributed by atoms with Crippen molar-refractivity contribution in [2.75, 3.05) is 25.5 Å². The Bertz CT molecular complexity index is 1140. The molecule has 0 saturated heterocycles. The molecule has 0 aliphatic heterocycles. The molecule has 0 aliphatic rings. The molecule has 0 amide bonds. The van der Waals surface area contributed by atoms with E-state index >= 15 is 0 Å². The first-order valence-electron chi connectivity index (χ1n) is 12.0. The minimum atomic E-state index is 0.150. The lowest BCUT2D eigenvalue weighted by molar-refractivity contribution is -0.534. The lowest BCUT2D eigenvalue weighted by atomic mass is 9.97. The maximum absolute atomic E-state index is 4.69. The molecule has 0 saturated carbocycles. The van der Waals surface area contributed by atoms with Crippen LogP contribution in [0.25, 0.3) is 5.57 Å². The Hall–Kier alpha value is -3.73. The normalized spacial score (nSPS) is 12.6. The molecule has 3 aromatic carbocycles. The molecule has 0 aliphatic carbocycles. The van der Waals surface area contributed by atoms with E-state index in [-0.39, 0.29) is 5.41 Å². The Morgan fingerprint density at radius 3 is 1.71 bits per heavy atom. The number of azo groups is 2. The van der Waals surface area contributed by atoms with Crippen LogP contribution in [0.5, 0.6) is 0 Å². The van der Waals surface area contributed by atoms with E-state index in [4.69, 9.17) is 0 Å². The molecule has 1 N–H and O–H groups in total. The molecule has 0 heterocycles. The van der Waals surface area contributed by atoms with E-state index < -0.39 is 0 Å². The molecule has 0 unspecified atom stereocenters. The van der Waals surface area contributed by atoms with Crippen LogP contribution in [-0.2, 0) is 0 Å². The molecule has 182 valence electrons. The molecule has 5 nitrogen and oxygen atoms in total. The number of nitrogens with zero attached hydrogens (tertiary/aromatic N) is 4. The summed E-state index contributed by atoms with van der Waals surface area (Å²) in [4.78, 5) is 2.26. The van der Waals surface area contributed by atoms with Gasteiger partial charge in [-0.2, -0.15) is 5.10 Å². The highest BCUT2D eigenvalue weighted by Gasteiger charge is 2.16. The molecule has 0 radical (unpaired) electrons. The largest absolute Gasteiger partial charge is 0.311 e. The fourth-order valence-corrected chi connectivity index (χ4v) is 3.86. The van der Waals surface area contributed by atoms with Crippen molar-refractivity contribution in [1.29, 1.82) is 0 Å². The van der Waals surface area contributed by atoms with Crippen molar-refractivity contribution in [3.8, 4) is 0 Å². The number of nitrogens with one attached hydrogen (secondary N) is 1. The van der Waals surface area contributed by atoms with Gasteiger partial charge in [0.1, 0.15) is 5.70 Å². The number of allylic oxidation sites excluding steroid dienone is 2. The summed E-state index contributed by atoms with van der Waals surface area (Å²) < 4.78 is 1.83. The second-order valence-corrected chi connectivity index (χ2v) is 10.1. The van der Waals surface area contributed by atoms with Crippen LogP contribution in [-0.4, -0.2) is 31.0 Å². The third kappa shape index (κ3) is 7.38. The van der Waals surface area contributed by atoms with Gasteiger partial charge < -0.3 is 10.3 Å². The quantitative estimate of drug-likeness (QED) is 0.160. The first kappa shape index (κ1) is 25.9. The van der Waals surface area contributed by atoms with Crippen molar-refractivity contribution in [2.45, 2.75) is 34.6 Å². The topological polar surface area (TPSA) is 43.0 Å². The summed E-state index contributed by atoms with van der Waals surface area (Å²) in [6.07, 6.45) is 0. The van der Waals surface area contributed by atoms with Crippen LogP contribution in [0.3, 0.4) is 0 Å². The van der Waals surface area contributed by atoms with E-state index in [1.165, 1.54) is 0 Å². The number of benzene rings is 3. The van der Waals surface area contributed by atoms with Crippen LogP contribution in [0.4, 0.5) is 17.1 Å². The highest BCUT2D eigenvalue weighted by Crippen LogP contribution is 2.35. The van der Waals surface area contributed by atoms with Crippen LogP contribution in [0.1, 0.15) is 40.2 Å². The molecule has 0 spiro atoms. The number of hydrogen-bond donors (Lipinski definition) is 1. The van der Waals surface area contributed by atoms with Gasteiger partial charge in [0.2, 0.25) is 0 Å². The second-order valence-electron chi connectivity index (χ2n) is 10.1. The summed E-state index contributed by atoms with van der Waals surface area (Å²) in [7, 11) is 3.87. The van der Waals surface area contributed by atoms with Gasteiger partial charge >= 0.3 is 0 Å². The van der Waals surface area contributed by atoms with Crippen LogP contribution in [0.2, 0.25) is 0 Å². The number of rotatable bonds is 8. The van der Waals surface area contributed by atoms with E-state index in [1.807, 2.05) is 44.8 Å². The summed E-state index contributed by atoms with van der Waals surface area (Å²) in [5.74, 6) is 0. The molecule has 35 heavy (non-hydrogen) atoms. The molecule has 0 fully saturated rings. The Balaban J connectivity index is 2.03. The van der Waals surface area contributed by atoms with Crippen LogP contribution in [0, 0.1) is 5.41 Å². The first-order valence-corrected chi connectivity index (χ1v) is 12.0. The summed E-state index contributed by atoms with van der Waals surface area (Å²) in [5.41, 5.74) is 10.7. The van der Waals surface area contributed by atoms with E-state index in [9.17, 15) is 0 Å². The number of hydrogen-bond acceptors (Lipinski definition) is 4. The minimum Gasteiger partial charge on any atom is -0.311 e. The average Bonchev–Trinajstić information content (AvgIpc) is 2.80. The van der Waals surface area contributed by atoms with Gasteiger partial charge in [0, 0.05) is 29.2 Å². The SMILES string of the molecule is CC(=NNCC(C)(C)C)C(=C(C)N=[N+](C)C)c1ccc(N(c2ccccc2)c2ccccc2)cc1. The third-order valence-electron chi connectivity index (χ3n) is 5.37. The fraction of sp³-hybridized carbons (Fsp3) is 0.300. The lowest BCUT2D eigenvalue weighted by Gasteiger charge is -2.25. The molecule has 3 aromatic rings. The maximum atomic E-state index is 4.69. The van der Waals surface area contributed by atoms with Gasteiger partial charge in [-0.25, -0.2) is 0 Å². The van der Waals surface area contributed by atoms with Crippen molar-refractivity contribution in [3.63, 3.8) is 0 Å². The van der Waals surface area contributed by atoms with Crippen LogP contribution < -0.4 is 10.3 Å². The Morgan fingerprint density at radius 2 is 1.26 bits per heavy atom. The van der Waals surface area contributed by atoms with Crippen molar-refractivity contribution in [2.24, 2.45) is 15.6 Å².